The minimum absolute atomic E-state index is 0.131. The van der Waals surface area contributed by atoms with Gasteiger partial charge in [-0.3, -0.25) is 14.7 Å². The van der Waals surface area contributed by atoms with Gasteiger partial charge < -0.3 is 9.80 Å². The fourth-order valence-electron chi connectivity index (χ4n) is 4.21. The highest BCUT2D eigenvalue weighted by molar-refractivity contribution is 5.79. The highest BCUT2D eigenvalue weighted by atomic mass is 16.2. The molecule has 0 saturated carbocycles. The molecule has 4 heterocycles. The molecular formula is C22H30N6O. The molecule has 0 aromatic carbocycles. The van der Waals surface area contributed by atoms with E-state index in [1.807, 2.05) is 30.7 Å². The topological polar surface area (TPSA) is 65.5 Å². The van der Waals surface area contributed by atoms with Crippen molar-refractivity contribution in [2.45, 2.75) is 32.7 Å². The van der Waals surface area contributed by atoms with Crippen molar-refractivity contribution >= 4 is 11.9 Å². The molecule has 2 saturated heterocycles. The van der Waals surface area contributed by atoms with E-state index in [-0.39, 0.29) is 5.92 Å². The smallest absolute Gasteiger partial charge is 0.225 e. The van der Waals surface area contributed by atoms with Gasteiger partial charge in [-0.25, -0.2) is 9.97 Å². The normalized spacial score (nSPS) is 19.0. The first-order valence-corrected chi connectivity index (χ1v) is 10.6. The van der Waals surface area contributed by atoms with Crippen molar-refractivity contribution in [1.82, 2.24) is 24.8 Å². The third kappa shape index (κ3) is 4.56. The summed E-state index contributed by atoms with van der Waals surface area (Å²) in [4.78, 5) is 32.9. The minimum atomic E-state index is 0.131. The molecule has 0 aliphatic carbocycles. The van der Waals surface area contributed by atoms with Gasteiger partial charge in [-0.15, -0.1) is 0 Å². The summed E-state index contributed by atoms with van der Waals surface area (Å²) in [5.74, 6) is 1.21. The predicted molar refractivity (Wildman–Crippen MR) is 113 cm³/mol. The number of amides is 1. The van der Waals surface area contributed by atoms with Gasteiger partial charge in [-0.05, 0) is 32.8 Å². The van der Waals surface area contributed by atoms with E-state index in [0.29, 0.717) is 11.9 Å². The molecule has 2 aliphatic heterocycles. The van der Waals surface area contributed by atoms with Crippen LogP contribution in [0.3, 0.4) is 0 Å². The van der Waals surface area contributed by atoms with Crippen LogP contribution in [0.5, 0.6) is 0 Å². The number of hydrogen-bond acceptors (Lipinski definition) is 6. The molecule has 0 N–H and O–H groups in total. The zero-order valence-electron chi connectivity index (χ0n) is 17.4. The second-order valence-electron chi connectivity index (χ2n) is 8.23. The number of hydrogen-bond donors (Lipinski definition) is 0. The molecule has 154 valence electrons. The number of pyridine rings is 1. The average molecular weight is 395 g/mol. The van der Waals surface area contributed by atoms with Gasteiger partial charge in [0.05, 0.1) is 0 Å². The number of carbonyl (C=O) groups excluding carboxylic acids is 1. The van der Waals surface area contributed by atoms with Gasteiger partial charge in [0.25, 0.3) is 0 Å². The number of nitrogens with zero attached hydrogens (tertiary/aromatic N) is 6. The van der Waals surface area contributed by atoms with Gasteiger partial charge in [-0.1, -0.05) is 6.07 Å². The molecule has 2 aliphatic rings. The summed E-state index contributed by atoms with van der Waals surface area (Å²) in [6, 6.07) is 4.47. The summed E-state index contributed by atoms with van der Waals surface area (Å²) in [6.07, 6.45) is 9.02. The van der Waals surface area contributed by atoms with Crippen molar-refractivity contribution in [2.75, 3.05) is 44.2 Å². The highest BCUT2D eigenvalue weighted by Gasteiger charge is 2.31. The van der Waals surface area contributed by atoms with Gasteiger partial charge in [0.15, 0.2) is 0 Å². The van der Waals surface area contributed by atoms with Crippen LogP contribution in [0.4, 0.5) is 5.95 Å². The molecular weight excluding hydrogens is 364 g/mol. The second-order valence-corrected chi connectivity index (χ2v) is 8.23. The number of piperidine rings is 1. The third-order valence-corrected chi connectivity index (χ3v) is 6.12. The van der Waals surface area contributed by atoms with Crippen LogP contribution in [-0.4, -0.2) is 76.0 Å². The largest absolute Gasteiger partial charge is 0.341 e. The monoisotopic (exact) mass is 394 g/mol. The third-order valence-electron chi connectivity index (χ3n) is 6.12. The molecule has 2 aromatic rings. The van der Waals surface area contributed by atoms with E-state index in [1.54, 1.807) is 6.20 Å². The van der Waals surface area contributed by atoms with Gasteiger partial charge in [0, 0.05) is 87.1 Å². The molecule has 0 spiro atoms. The first-order valence-electron chi connectivity index (χ1n) is 10.6. The van der Waals surface area contributed by atoms with Crippen molar-refractivity contribution in [3.63, 3.8) is 0 Å². The average Bonchev–Trinajstić information content (AvgIpc) is 2.79. The molecule has 2 aromatic heterocycles. The maximum absolute atomic E-state index is 12.9. The van der Waals surface area contributed by atoms with Crippen molar-refractivity contribution in [3.05, 3.63) is 36.9 Å². The van der Waals surface area contributed by atoms with Crippen LogP contribution in [0.15, 0.2) is 36.9 Å². The van der Waals surface area contributed by atoms with Gasteiger partial charge in [-0.2, -0.15) is 0 Å². The van der Waals surface area contributed by atoms with E-state index in [2.05, 4.69) is 43.5 Å². The summed E-state index contributed by atoms with van der Waals surface area (Å²) in [5.41, 5.74) is 1.98. The Kier molecular flexibility index (Phi) is 6.04. The summed E-state index contributed by atoms with van der Waals surface area (Å²) in [7, 11) is 0. The molecule has 29 heavy (non-hydrogen) atoms. The minimum Gasteiger partial charge on any atom is -0.341 e. The molecule has 7 heteroatoms. The van der Waals surface area contributed by atoms with Gasteiger partial charge in [0.1, 0.15) is 0 Å². The maximum atomic E-state index is 12.9. The maximum Gasteiger partial charge on any atom is 0.225 e. The number of aromatic nitrogens is 3. The van der Waals surface area contributed by atoms with Crippen LogP contribution in [0.2, 0.25) is 0 Å². The van der Waals surface area contributed by atoms with E-state index in [9.17, 15) is 4.79 Å². The zero-order chi connectivity index (χ0) is 20.2. The van der Waals surface area contributed by atoms with Crippen LogP contribution < -0.4 is 4.90 Å². The van der Waals surface area contributed by atoms with Crippen LogP contribution in [0, 0.1) is 5.92 Å². The van der Waals surface area contributed by atoms with E-state index < -0.39 is 0 Å². The lowest BCUT2D eigenvalue weighted by molar-refractivity contribution is -0.138. The first-order chi connectivity index (χ1) is 14.1. The van der Waals surface area contributed by atoms with Crippen molar-refractivity contribution in [2.24, 2.45) is 5.92 Å². The Hall–Kier alpha value is -2.54. The first kappa shape index (κ1) is 19.8. The van der Waals surface area contributed by atoms with E-state index in [1.165, 1.54) is 0 Å². The summed E-state index contributed by atoms with van der Waals surface area (Å²) in [6.45, 7) is 9.78. The summed E-state index contributed by atoms with van der Waals surface area (Å²) >= 11 is 0. The number of carbonyl (C=O) groups is 1. The molecule has 0 bridgehead atoms. The molecule has 4 rings (SSSR count). The Morgan fingerprint density at radius 3 is 2.24 bits per heavy atom. The zero-order valence-corrected chi connectivity index (χ0v) is 17.4. The Balaban J connectivity index is 1.30. The predicted octanol–water partition coefficient (Wildman–Crippen LogP) is 2.31. The lowest BCUT2D eigenvalue weighted by Gasteiger charge is -2.39. The van der Waals surface area contributed by atoms with Gasteiger partial charge >= 0.3 is 0 Å². The molecule has 2 fully saturated rings. The van der Waals surface area contributed by atoms with E-state index in [0.717, 1.165) is 69.2 Å². The molecule has 0 unspecified atom stereocenters. The van der Waals surface area contributed by atoms with E-state index in [4.69, 9.17) is 0 Å². The summed E-state index contributed by atoms with van der Waals surface area (Å²) in [5, 5.41) is 0. The van der Waals surface area contributed by atoms with E-state index >= 15 is 0 Å². The molecule has 0 atom stereocenters. The number of piperazine rings is 1. The Morgan fingerprint density at radius 1 is 0.966 bits per heavy atom. The fraction of sp³-hybridized carbons (Fsp3) is 0.545. The standard InChI is InChI=1S/C22H30N6O/c1-17(2)26-10-12-27(13-11-26)21(29)18-5-8-28(9-6-18)22-24-15-20(16-25-22)19-4-3-7-23-14-19/h3-4,7,14-18H,5-6,8-13H2,1-2H3. The number of anilines is 1. The highest BCUT2D eigenvalue weighted by Crippen LogP contribution is 2.24. The van der Waals surface area contributed by atoms with Crippen LogP contribution >= 0.6 is 0 Å². The van der Waals surface area contributed by atoms with Crippen LogP contribution in [-0.2, 0) is 4.79 Å². The summed E-state index contributed by atoms with van der Waals surface area (Å²) < 4.78 is 0. The van der Waals surface area contributed by atoms with Crippen LogP contribution in [0.1, 0.15) is 26.7 Å². The second kappa shape index (κ2) is 8.86. The van der Waals surface area contributed by atoms with Crippen LogP contribution in [0.25, 0.3) is 11.1 Å². The number of rotatable bonds is 4. The quantitative estimate of drug-likeness (QED) is 0.793. The fourth-order valence-corrected chi connectivity index (χ4v) is 4.21. The molecule has 0 radical (unpaired) electrons. The van der Waals surface area contributed by atoms with Gasteiger partial charge in [0.2, 0.25) is 11.9 Å². The Morgan fingerprint density at radius 2 is 1.66 bits per heavy atom. The molecule has 7 nitrogen and oxygen atoms in total. The van der Waals surface area contributed by atoms with Crippen molar-refractivity contribution in [3.8, 4) is 11.1 Å². The van der Waals surface area contributed by atoms with Crippen molar-refractivity contribution < 1.29 is 4.79 Å². The lowest BCUT2D eigenvalue weighted by Crippen LogP contribution is -2.53. The molecule has 1 amide bonds. The SMILES string of the molecule is CC(C)N1CCN(C(=O)C2CCN(c3ncc(-c4cccnc4)cn3)CC2)CC1. The van der Waals surface area contributed by atoms with Crippen molar-refractivity contribution in [1.29, 1.82) is 0 Å². The Labute approximate surface area is 172 Å². The lowest BCUT2D eigenvalue weighted by atomic mass is 9.95. The Bertz CT molecular complexity index is 794.